The van der Waals surface area contributed by atoms with Gasteiger partial charge in [-0.15, -0.1) is 13.2 Å². The maximum Gasteiger partial charge on any atom is 0.522 e. The Kier molecular flexibility index (Phi) is 4.50. The van der Waals surface area contributed by atoms with Crippen LogP contribution < -0.4 is 5.32 Å². The van der Waals surface area contributed by atoms with Gasteiger partial charge in [-0.25, -0.2) is 0 Å². The predicted octanol–water partition coefficient (Wildman–Crippen LogP) is 2.13. The summed E-state index contributed by atoms with van der Waals surface area (Å²) in [4.78, 5) is 2.20. The molecule has 2 fully saturated rings. The number of nitrogens with zero attached hydrogens (tertiary/aromatic N) is 1. The predicted molar refractivity (Wildman–Crippen MR) is 62.3 cm³/mol. The Labute approximate surface area is 106 Å². The zero-order valence-electron chi connectivity index (χ0n) is 10.6. The minimum Gasteiger partial charge on any atom is -0.314 e. The molecule has 106 valence electrons. The molecule has 6 heteroatoms. The highest BCUT2D eigenvalue weighted by molar-refractivity contribution is 4.97. The molecule has 1 saturated heterocycles. The van der Waals surface area contributed by atoms with Crippen LogP contribution in [0.1, 0.15) is 32.1 Å². The lowest BCUT2D eigenvalue weighted by Gasteiger charge is -2.50. The van der Waals surface area contributed by atoms with Gasteiger partial charge >= 0.3 is 6.36 Å². The third kappa shape index (κ3) is 3.59. The molecule has 2 aliphatic rings. The summed E-state index contributed by atoms with van der Waals surface area (Å²) in [5.41, 5.74) is 0.0749. The molecule has 0 atom stereocenters. The standard InChI is InChI=1S/C12H21F3N2O/c13-12(14,15)18-9-8-17-7-6-16-10-11(17)4-2-1-3-5-11/h16H,1-10H2. The quantitative estimate of drug-likeness (QED) is 0.847. The molecule has 1 saturated carbocycles. The van der Waals surface area contributed by atoms with E-state index in [9.17, 15) is 13.2 Å². The summed E-state index contributed by atoms with van der Waals surface area (Å²) >= 11 is 0. The third-order valence-electron chi connectivity index (χ3n) is 4.09. The highest BCUT2D eigenvalue weighted by Gasteiger charge is 2.39. The fraction of sp³-hybridized carbons (Fsp3) is 1.00. The Hall–Kier alpha value is -0.330. The van der Waals surface area contributed by atoms with Gasteiger partial charge in [0.15, 0.2) is 0 Å². The van der Waals surface area contributed by atoms with Crippen molar-refractivity contribution >= 4 is 0 Å². The Balaban J connectivity index is 1.87. The molecule has 18 heavy (non-hydrogen) atoms. The Morgan fingerprint density at radius 3 is 2.56 bits per heavy atom. The molecule has 2 rings (SSSR count). The van der Waals surface area contributed by atoms with Crippen LogP contribution in [0.4, 0.5) is 13.2 Å². The zero-order valence-corrected chi connectivity index (χ0v) is 10.6. The average Bonchev–Trinajstić information content (AvgIpc) is 2.31. The second-order valence-corrected chi connectivity index (χ2v) is 5.24. The summed E-state index contributed by atoms with van der Waals surface area (Å²) in [5, 5.41) is 3.38. The SMILES string of the molecule is FC(F)(F)OCCN1CCNCC12CCCCC2. The van der Waals surface area contributed by atoms with Gasteiger partial charge < -0.3 is 5.32 Å². The van der Waals surface area contributed by atoms with Gasteiger partial charge in [0.25, 0.3) is 0 Å². The van der Waals surface area contributed by atoms with Crippen LogP contribution in [0.25, 0.3) is 0 Å². The van der Waals surface area contributed by atoms with Gasteiger partial charge in [0.2, 0.25) is 0 Å². The molecule has 0 amide bonds. The lowest BCUT2D eigenvalue weighted by atomic mass is 9.79. The lowest BCUT2D eigenvalue weighted by molar-refractivity contribution is -0.325. The molecule has 1 spiro atoms. The summed E-state index contributed by atoms with van der Waals surface area (Å²) in [6.45, 7) is 2.69. The van der Waals surface area contributed by atoms with E-state index in [0.717, 1.165) is 32.5 Å². The van der Waals surface area contributed by atoms with E-state index < -0.39 is 6.36 Å². The molecule has 0 unspecified atom stereocenters. The van der Waals surface area contributed by atoms with E-state index in [1.54, 1.807) is 0 Å². The number of nitrogens with one attached hydrogen (secondary N) is 1. The van der Waals surface area contributed by atoms with Gasteiger partial charge in [-0.05, 0) is 12.8 Å². The van der Waals surface area contributed by atoms with Crippen LogP contribution in [-0.2, 0) is 4.74 Å². The molecule has 0 bridgehead atoms. The van der Waals surface area contributed by atoms with E-state index in [0.29, 0.717) is 6.54 Å². The summed E-state index contributed by atoms with van der Waals surface area (Å²) in [6, 6.07) is 0. The van der Waals surface area contributed by atoms with E-state index in [1.807, 2.05) is 0 Å². The number of halogens is 3. The largest absolute Gasteiger partial charge is 0.522 e. The monoisotopic (exact) mass is 266 g/mol. The van der Waals surface area contributed by atoms with Crippen molar-refractivity contribution in [2.75, 3.05) is 32.8 Å². The van der Waals surface area contributed by atoms with E-state index in [1.165, 1.54) is 19.3 Å². The molecular formula is C12H21F3N2O. The molecular weight excluding hydrogens is 245 g/mol. The van der Waals surface area contributed by atoms with Crippen molar-refractivity contribution in [1.82, 2.24) is 10.2 Å². The van der Waals surface area contributed by atoms with Crippen molar-refractivity contribution in [3.8, 4) is 0 Å². The number of hydrogen-bond donors (Lipinski definition) is 1. The number of hydrogen-bond acceptors (Lipinski definition) is 3. The molecule has 0 aromatic heterocycles. The minimum atomic E-state index is -4.51. The third-order valence-corrected chi connectivity index (χ3v) is 4.09. The van der Waals surface area contributed by atoms with Crippen LogP contribution in [0, 0.1) is 0 Å². The van der Waals surface area contributed by atoms with E-state index in [4.69, 9.17) is 0 Å². The van der Waals surface area contributed by atoms with Gasteiger partial charge in [-0.2, -0.15) is 0 Å². The fourth-order valence-electron chi connectivity index (χ4n) is 3.21. The van der Waals surface area contributed by atoms with E-state index in [-0.39, 0.29) is 12.1 Å². The first-order chi connectivity index (χ1) is 8.52. The molecule has 0 aromatic carbocycles. The molecule has 0 aromatic rings. The van der Waals surface area contributed by atoms with Crippen molar-refractivity contribution < 1.29 is 17.9 Å². The van der Waals surface area contributed by atoms with E-state index in [2.05, 4.69) is 15.0 Å². The normalized spacial score (nSPS) is 25.5. The molecule has 1 aliphatic carbocycles. The van der Waals surface area contributed by atoms with E-state index >= 15 is 0 Å². The Morgan fingerprint density at radius 1 is 1.17 bits per heavy atom. The van der Waals surface area contributed by atoms with Crippen LogP contribution in [0.15, 0.2) is 0 Å². The van der Waals surface area contributed by atoms with Crippen molar-refractivity contribution in [2.24, 2.45) is 0 Å². The molecule has 1 aliphatic heterocycles. The second kappa shape index (κ2) is 5.75. The maximum atomic E-state index is 12.0. The highest BCUT2D eigenvalue weighted by Crippen LogP contribution is 2.34. The maximum absolute atomic E-state index is 12.0. The summed E-state index contributed by atoms with van der Waals surface area (Å²) in [6.07, 6.45) is 1.27. The first kappa shape index (κ1) is 14.1. The first-order valence-electron chi connectivity index (χ1n) is 6.68. The van der Waals surface area contributed by atoms with Crippen molar-refractivity contribution in [2.45, 2.75) is 44.0 Å². The van der Waals surface area contributed by atoms with Crippen LogP contribution in [0.5, 0.6) is 0 Å². The average molecular weight is 266 g/mol. The van der Waals surface area contributed by atoms with Crippen LogP contribution in [0.2, 0.25) is 0 Å². The number of ether oxygens (including phenoxy) is 1. The van der Waals surface area contributed by atoms with Crippen molar-refractivity contribution in [3.05, 3.63) is 0 Å². The second-order valence-electron chi connectivity index (χ2n) is 5.24. The lowest BCUT2D eigenvalue weighted by Crippen LogP contribution is -2.62. The summed E-state index contributed by atoms with van der Waals surface area (Å²) in [7, 11) is 0. The summed E-state index contributed by atoms with van der Waals surface area (Å²) in [5.74, 6) is 0. The van der Waals surface area contributed by atoms with Gasteiger partial charge in [0, 0.05) is 31.7 Å². The van der Waals surface area contributed by atoms with Gasteiger partial charge in [-0.3, -0.25) is 9.64 Å². The highest BCUT2D eigenvalue weighted by atomic mass is 19.4. The fourth-order valence-corrected chi connectivity index (χ4v) is 3.21. The smallest absolute Gasteiger partial charge is 0.314 e. The van der Waals surface area contributed by atoms with Gasteiger partial charge in [0.05, 0.1) is 6.61 Å². The van der Waals surface area contributed by atoms with Crippen LogP contribution >= 0.6 is 0 Å². The molecule has 3 nitrogen and oxygen atoms in total. The minimum absolute atomic E-state index is 0.0749. The molecule has 1 N–H and O–H groups in total. The van der Waals surface area contributed by atoms with Crippen LogP contribution in [0.3, 0.4) is 0 Å². The number of alkyl halides is 3. The molecule has 1 heterocycles. The van der Waals surface area contributed by atoms with Gasteiger partial charge in [-0.1, -0.05) is 19.3 Å². The van der Waals surface area contributed by atoms with Crippen molar-refractivity contribution in [1.29, 1.82) is 0 Å². The first-order valence-corrected chi connectivity index (χ1v) is 6.68. The molecule has 0 radical (unpaired) electrons. The Morgan fingerprint density at radius 2 is 1.89 bits per heavy atom. The van der Waals surface area contributed by atoms with Crippen molar-refractivity contribution in [3.63, 3.8) is 0 Å². The number of piperazine rings is 1. The van der Waals surface area contributed by atoms with Crippen LogP contribution in [-0.4, -0.2) is 49.6 Å². The van der Waals surface area contributed by atoms with Gasteiger partial charge in [0.1, 0.15) is 0 Å². The zero-order chi connectivity index (χ0) is 13.1. The number of rotatable bonds is 3. The topological polar surface area (TPSA) is 24.5 Å². The Bertz CT molecular complexity index is 256. The summed E-state index contributed by atoms with van der Waals surface area (Å²) < 4.78 is 39.9.